The summed E-state index contributed by atoms with van der Waals surface area (Å²) in [7, 11) is 0. The number of aromatic hydroxyl groups is 2. The molecule has 0 amide bonds. The molecule has 0 spiro atoms. The molecule has 0 bridgehead atoms. The molecule has 3 rings (SSSR count). The van der Waals surface area contributed by atoms with E-state index in [1.165, 1.54) is 0 Å². The number of phenolic OH excluding ortho intramolecular Hbond substituents is 2. The minimum Gasteiger partial charge on any atom is -0.508 e. The second-order valence-electron chi connectivity index (χ2n) is 4.73. The number of rotatable bonds is 1. The molecule has 0 aliphatic rings. The largest absolute Gasteiger partial charge is 0.508 e. The van der Waals surface area contributed by atoms with Crippen LogP contribution in [0.2, 0.25) is 0 Å². The van der Waals surface area contributed by atoms with Crippen molar-refractivity contribution in [2.24, 2.45) is 0 Å². The van der Waals surface area contributed by atoms with Crippen molar-refractivity contribution in [1.29, 1.82) is 0 Å². The van der Waals surface area contributed by atoms with Gasteiger partial charge < -0.3 is 10.2 Å². The van der Waals surface area contributed by atoms with Gasteiger partial charge in [0, 0.05) is 5.56 Å². The van der Waals surface area contributed by atoms with Gasteiger partial charge in [-0.2, -0.15) is 0 Å². The van der Waals surface area contributed by atoms with Crippen LogP contribution in [0.3, 0.4) is 0 Å². The quantitative estimate of drug-likeness (QED) is 0.678. The zero-order valence-electron chi connectivity index (χ0n) is 10.6. The standard InChI is InChI=1S/C17H14O2/c1-11-3-2-4-13(9-11)17-15-7-6-14(18)10-12(15)5-8-16(17)19/h2-10,18-19H,1H3. The van der Waals surface area contributed by atoms with Gasteiger partial charge in [-0.15, -0.1) is 0 Å². The highest BCUT2D eigenvalue weighted by atomic mass is 16.3. The number of hydrogen-bond donors (Lipinski definition) is 2. The van der Waals surface area contributed by atoms with Gasteiger partial charge >= 0.3 is 0 Å². The summed E-state index contributed by atoms with van der Waals surface area (Å²) in [6.45, 7) is 2.03. The summed E-state index contributed by atoms with van der Waals surface area (Å²) in [6, 6.07) is 16.7. The number of aryl methyl sites for hydroxylation is 1. The van der Waals surface area contributed by atoms with Crippen molar-refractivity contribution in [3.8, 4) is 22.6 Å². The van der Waals surface area contributed by atoms with Gasteiger partial charge in [0.25, 0.3) is 0 Å². The van der Waals surface area contributed by atoms with Crippen molar-refractivity contribution in [1.82, 2.24) is 0 Å². The van der Waals surface area contributed by atoms with Gasteiger partial charge in [0.05, 0.1) is 0 Å². The Hall–Kier alpha value is -2.48. The smallest absolute Gasteiger partial charge is 0.124 e. The molecule has 2 N–H and O–H groups in total. The fourth-order valence-corrected chi connectivity index (χ4v) is 2.41. The third-order valence-corrected chi connectivity index (χ3v) is 3.29. The Morgan fingerprint density at radius 1 is 0.842 bits per heavy atom. The van der Waals surface area contributed by atoms with Crippen LogP contribution in [0.25, 0.3) is 21.9 Å². The minimum atomic E-state index is 0.230. The van der Waals surface area contributed by atoms with Crippen LogP contribution in [-0.4, -0.2) is 10.2 Å². The fourth-order valence-electron chi connectivity index (χ4n) is 2.41. The van der Waals surface area contributed by atoms with Crippen molar-refractivity contribution in [3.63, 3.8) is 0 Å². The number of phenols is 2. The molecule has 0 saturated carbocycles. The summed E-state index contributed by atoms with van der Waals surface area (Å²) in [5.74, 6) is 0.483. The molecule has 94 valence electrons. The number of fused-ring (bicyclic) bond motifs is 1. The summed E-state index contributed by atoms with van der Waals surface area (Å²) < 4.78 is 0. The van der Waals surface area contributed by atoms with E-state index in [1.807, 2.05) is 43.3 Å². The highest BCUT2D eigenvalue weighted by Gasteiger charge is 2.09. The van der Waals surface area contributed by atoms with Crippen LogP contribution in [-0.2, 0) is 0 Å². The topological polar surface area (TPSA) is 40.5 Å². The van der Waals surface area contributed by atoms with E-state index in [1.54, 1.807) is 18.2 Å². The van der Waals surface area contributed by atoms with E-state index >= 15 is 0 Å². The van der Waals surface area contributed by atoms with Crippen molar-refractivity contribution >= 4 is 10.8 Å². The monoisotopic (exact) mass is 250 g/mol. The van der Waals surface area contributed by atoms with Crippen LogP contribution in [0.4, 0.5) is 0 Å². The molecule has 0 aliphatic carbocycles. The Bertz CT molecular complexity index is 760. The van der Waals surface area contributed by atoms with Crippen LogP contribution >= 0.6 is 0 Å². The lowest BCUT2D eigenvalue weighted by molar-refractivity contribution is 0.475. The van der Waals surface area contributed by atoms with E-state index < -0.39 is 0 Å². The van der Waals surface area contributed by atoms with Gasteiger partial charge in [-0.25, -0.2) is 0 Å². The lowest BCUT2D eigenvalue weighted by Crippen LogP contribution is -1.84. The van der Waals surface area contributed by atoms with E-state index in [4.69, 9.17) is 0 Å². The molecule has 0 aliphatic heterocycles. The van der Waals surface area contributed by atoms with E-state index in [2.05, 4.69) is 0 Å². The van der Waals surface area contributed by atoms with Crippen molar-refractivity contribution in [2.75, 3.05) is 0 Å². The van der Waals surface area contributed by atoms with Crippen LogP contribution < -0.4 is 0 Å². The molecule has 0 fully saturated rings. The highest BCUT2D eigenvalue weighted by Crippen LogP contribution is 2.37. The van der Waals surface area contributed by atoms with Gasteiger partial charge in [0.15, 0.2) is 0 Å². The molecule has 19 heavy (non-hydrogen) atoms. The van der Waals surface area contributed by atoms with E-state index in [9.17, 15) is 10.2 Å². The van der Waals surface area contributed by atoms with Gasteiger partial charge in [0.2, 0.25) is 0 Å². The number of benzene rings is 3. The van der Waals surface area contributed by atoms with Gasteiger partial charge in [0.1, 0.15) is 11.5 Å². The van der Waals surface area contributed by atoms with Gasteiger partial charge in [-0.05, 0) is 47.5 Å². The summed E-state index contributed by atoms with van der Waals surface area (Å²) in [6.07, 6.45) is 0. The van der Waals surface area contributed by atoms with Gasteiger partial charge in [-0.3, -0.25) is 0 Å². The average molecular weight is 250 g/mol. The molecule has 2 nitrogen and oxygen atoms in total. The minimum absolute atomic E-state index is 0.230. The first-order chi connectivity index (χ1) is 9.15. The molecule has 0 heterocycles. The third kappa shape index (κ3) is 2.02. The number of hydrogen-bond acceptors (Lipinski definition) is 2. The normalized spacial score (nSPS) is 10.8. The second-order valence-corrected chi connectivity index (χ2v) is 4.73. The van der Waals surface area contributed by atoms with Crippen LogP contribution in [0.5, 0.6) is 11.5 Å². The Morgan fingerprint density at radius 3 is 2.47 bits per heavy atom. The summed E-state index contributed by atoms with van der Waals surface area (Å²) >= 11 is 0. The van der Waals surface area contributed by atoms with Crippen molar-refractivity contribution in [3.05, 3.63) is 60.2 Å². The predicted molar refractivity (Wildman–Crippen MR) is 77.5 cm³/mol. The summed E-state index contributed by atoms with van der Waals surface area (Å²) in [5.41, 5.74) is 2.93. The highest BCUT2D eigenvalue weighted by molar-refractivity contribution is 6.00. The maximum absolute atomic E-state index is 10.2. The molecular weight excluding hydrogens is 236 g/mol. The van der Waals surface area contributed by atoms with Gasteiger partial charge in [-0.1, -0.05) is 35.9 Å². The summed E-state index contributed by atoms with van der Waals surface area (Å²) in [4.78, 5) is 0. The molecule has 0 atom stereocenters. The molecule has 0 unspecified atom stereocenters. The average Bonchev–Trinajstić information content (AvgIpc) is 2.39. The first kappa shape index (κ1) is 11.6. The molecule has 0 radical (unpaired) electrons. The van der Waals surface area contributed by atoms with Crippen LogP contribution in [0.1, 0.15) is 5.56 Å². The van der Waals surface area contributed by atoms with E-state index in [0.29, 0.717) is 0 Å². The van der Waals surface area contributed by atoms with E-state index in [-0.39, 0.29) is 11.5 Å². The Kier molecular flexibility index (Phi) is 2.64. The summed E-state index contributed by atoms with van der Waals surface area (Å²) in [5, 5.41) is 21.5. The molecule has 3 aromatic carbocycles. The Labute approximate surface area is 111 Å². The molecule has 0 aromatic heterocycles. The molecule has 2 heteroatoms. The molecular formula is C17H14O2. The van der Waals surface area contributed by atoms with E-state index in [0.717, 1.165) is 27.5 Å². The molecule has 0 saturated heterocycles. The Morgan fingerprint density at radius 2 is 1.68 bits per heavy atom. The van der Waals surface area contributed by atoms with Crippen molar-refractivity contribution in [2.45, 2.75) is 6.92 Å². The lowest BCUT2D eigenvalue weighted by Gasteiger charge is -2.10. The Balaban J connectivity index is 2.36. The zero-order valence-corrected chi connectivity index (χ0v) is 10.6. The fraction of sp³-hybridized carbons (Fsp3) is 0.0588. The predicted octanol–water partition coefficient (Wildman–Crippen LogP) is 4.23. The lowest BCUT2D eigenvalue weighted by atomic mass is 9.96. The first-order valence-electron chi connectivity index (χ1n) is 6.17. The second kappa shape index (κ2) is 4.32. The maximum Gasteiger partial charge on any atom is 0.124 e. The SMILES string of the molecule is Cc1cccc(-c2c(O)ccc3cc(O)ccc23)c1. The third-order valence-electron chi connectivity index (χ3n) is 3.29. The maximum atomic E-state index is 10.2. The van der Waals surface area contributed by atoms with Crippen LogP contribution in [0, 0.1) is 6.92 Å². The first-order valence-corrected chi connectivity index (χ1v) is 6.17. The van der Waals surface area contributed by atoms with Crippen molar-refractivity contribution < 1.29 is 10.2 Å². The zero-order chi connectivity index (χ0) is 13.4. The van der Waals surface area contributed by atoms with Crippen LogP contribution in [0.15, 0.2) is 54.6 Å². The molecule has 3 aromatic rings.